The predicted molar refractivity (Wildman–Crippen MR) is 71.5 cm³/mol. The standard InChI is InChI=1S/C15H19NO3/c1-10-2-3-14-12(6-10)7-13(19-14)9-16-5-4-11(8-16)15(17)18/h2-3,6,11,13H,4-5,7-9H2,1H3,(H,17,18). The average Bonchev–Trinajstić information content (AvgIpc) is 2.95. The number of likely N-dealkylation sites (tertiary alicyclic amines) is 1. The molecule has 0 spiro atoms. The van der Waals surface area contributed by atoms with Gasteiger partial charge in [-0.2, -0.15) is 0 Å². The number of carbonyl (C=O) groups is 1. The molecule has 1 saturated heterocycles. The van der Waals surface area contributed by atoms with Crippen molar-refractivity contribution in [1.29, 1.82) is 0 Å². The van der Waals surface area contributed by atoms with Crippen LogP contribution in [0.1, 0.15) is 17.5 Å². The zero-order valence-corrected chi connectivity index (χ0v) is 11.1. The number of carboxylic acids is 1. The van der Waals surface area contributed by atoms with Crippen molar-refractivity contribution in [3.05, 3.63) is 29.3 Å². The summed E-state index contributed by atoms with van der Waals surface area (Å²) in [5.74, 6) is 0.115. The van der Waals surface area contributed by atoms with Gasteiger partial charge in [0.2, 0.25) is 0 Å². The first-order valence-electron chi connectivity index (χ1n) is 6.83. The van der Waals surface area contributed by atoms with Gasteiger partial charge in [0, 0.05) is 19.5 Å². The Morgan fingerprint density at radius 2 is 2.37 bits per heavy atom. The summed E-state index contributed by atoms with van der Waals surface area (Å²) < 4.78 is 5.93. The average molecular weight is 261 g/mol. The topological polar surface area (TPSA) is 49.8 Å². The number of carboxylic acid groups (broad SMARTS) is 1. The van der Waals surface area contributed by atoms with Crippen LogP contribution < -0.4 is 4.74 Å². The Bertz CT molecular complexity index is 500. The predicted octanol–water partition coefficient (Wildman–Crippen LogP) is 1.71. The summed E-state index contributed by atoms with van der Waals surface area (Å²) in [4.78, 5) is 13.2. The van der Waals surface area contributed by atoms with E-state index in [1.54, 1.807) is 0 Å². The number of nitrogens with zero attached hydrogens (tertiary/aromatic N) is 1. The first kappa shape index (κ1) is 12.5. The fourth-order valence-corrected chi connectivity index (χ4v) is 3.04. The van der Waals surface area contributed by atoms with Gasteiger partial charge >= 0.3 is 5.97 Å². The molecule has 19 heavy (non-hydrogen) atoms. The van der Waals surface area contributed by atoms with Crippen molar-refractivity contribution in [2.75, 3.05) is 19.6 Å². The Morgan fingerprint density at radius 1 is 1.53 bits per heavy atom. The minimum absolute atomic E-state index is 0.171. The van der Waals surface area contributed by atoms with Crippen molar-refractivity contribution >= 4 is 5.97 Å². The van der Waals surface area contributed by atoms with E-state index < -0.39 is 5.97 Å². The molecule has 0 bridgehead atoms. The Balaban J connectivity index is 1.58. The van der Waals surface area contributed by atoms with Gasteiger partial charge in [-0.1, -0.05) is 17.7 Å². The van der Waals surface area contributed by atoms with E-state index in [2.05, 4.69) is 24.0 Å². The molecule has 2 aliphatic heterocycles. The highest BCUT2D eigenvalue weighted by molar-refractivity contribution is 5.70. The summed E-state index contributed by atoms with van der Waals surface area (Å²) in [6.45, 7) is 4.44. The van der Waals surface area contributed by atoms with Crippen LogP contribution in [0.15, 0.2) is 18.2 Å². The maximum Gasteiger partial charge on any atom is 0.307 e. The molecule has 2 heterocycles. The van der Waals surface area contributed by atoms with Gasteiger partial charge in [-0.15, -0.1) is 0 Å². The number of fused-ring (bicyclic) bond motifs is 1. The minimum atomic E-state index is -0.672. The van der Waals surface area contributed by atoms with Crippen LogP contribution in [0, 0.1) is 12.8 Å². The largest absolute Gasteiger partial charge is 0.488 e. The number of hydrogen-bond donors (Lipinski definition) is 1. The van der Waals surface area contributed by atoms with E-state index in [1.807, 2.05) is 6.07 Å². The second-order valence-electron chi connectivity index (χ2n) is 5.64. The van der Waals surface area contributed by atoms with Crippen molar-refractivity contribution in [3.8, 4) is 5.75 Å². The third-order valence-electron chi connectivity index (χ3n) is 4.04. The van der Waals surface area contributed by atoms with Crippen molar-refractivity contribution < 1.29 is 14.6 Å². The number of benzene rings is 1. The molecular formula is C15H19NO3. The van der Waals surface area contributed by atoms with E-state index in [4.69, 9.17) is 9.84 Å². The first-order valence-corrected chi connectivity index (χ1v) is 6.83. The summed E-state index contributed by atoms with van der Waals surface area (Å²) >= 11 is 0. The Labute approximate surface area is 113 Å². The molecule has 0 radical (unpaired) electrons. The van der Waals surface area contributed by atoms with Gasteiger partial charge < -0.3 is 9.84 Å². The molecule has 102 valence electrons. The summed E-state index contributed by atoms with van der Waals surface area (Å²) in [6.07, 6.45) is 1.86. The van der Waals surface area contributed by atoms with Crippen LogP contribution in [0.4, 0.5) is 0 Å². The lowest BCUT2D eigenvalue weighted by Crippen LogP contribution is -2.33. The van der Waals surface area contributed by atoms with Crippen LogP contribution in [-0.4, -0.2) is 41.7 Å². The first-order chi connectivity index (χ1) is 9.11. The monoisotopic (exact) mass is 261 g/mol. The lowest BCUT2D eigenvalue weighted by molar-refractivity contribution is -0.141. The molecule has 0 amide bonds. The number of rotatable bonds is 3. The summed E-state index contributed by atoms with van der Waals surface area (Å²) in [7, 11) is 0. The molecule has 3 rings (SSSR count). The summed E-state index contributed by atoms with van der Waals surface area (Å²) in [5, 5.41) is 9.01. The van der Waals surface area contributed by atoms with Gasteiger partial charge in [-0.3, -0.25) is 9.69 Å². The van der Waals surface area contributed by atoms with E-state index in [1.165, 1.54) is 11.1 Å². The van der Waals surface area contributed by atoms with Crippen molar-refractivity contribution in [2.24, 2.45) is 5.92 Å². The summed E-state index contributed by atoms with van der Waals surface area (Å²) in [6, 6.07) is 6.28. The summed E-state index contributed by atoms with van der Waals surface area (Å²) in [5.41, 5.74) is 2.54. The molecule has 1 N–H and O–H groups in total. The molecule has 1 aromatic carbocycles. The van der Waals surface area contributed by atoms with E-state index in [-0.39, 0.29) is 12.0 Å². The van der Waals surface area contributed by atoms with E-state index >= 15 is 0 Å². The van der Waals surface area contributed by atoms with Gasteiger partial charge in [0.15, 0.2) is 0 Å². The maximum absolute atomic E-state index is 10.9. The fraction of sp³-hybridized carbons (Fsp3) is 0.533. The Hall–Kier alpha value is -1.55. The second kappa shape index (κ2) is 4.85. The van der Waals surface area contributed by atoms with Gasteiger partial charge in [0.1, 0.15) is 11.9 Å². The van der Waals surface area contributed by atoms with Crippen molar-refractivity contribution in [3.63, 3.8) is 0 Å². The molecule has 0 aliphatic carbocycles. The Morgan fingerprint density at radius 3 is 3.11 bits per heavy atom. The Kier molecular flexibility index (Phi) is 3.19. The number of ether oxygens (including phenoxy) is 1. The van der Waals surface area contributed by atoms with Crippen molar-refractivity contribution in [1.82, 2.24) is 4.90 Å². The van der Waals surface area contributed by atoms with E-state index in [9.17, 15) is 4.79 Å². The van der Waals surface area contributed by atoms with E-state index in [0.29, 0.717) is 6.54 Å². The lowest BCUT2D eigenvalue weighted by Gasteiger charge is -2.19. The van der Waals surface area contributed by atoms with Gasteiger partial charge in [-0.05, 0) is 31.5 Å². The second-order valence-corrected chi connectivity index (χ2v) is 5.64. The molecule has 0 aromatic heterocycles. The SMILES string of the molecule is Cc1ccc2c(c1)CC(CN1CCC(C(=O)O)C1)O2. The van der Waals surface area contributed by atoms with Crippen LogP contribution in [0.5, 0.6) is 5.75 Å². The van der Waals surface area contributed by atoms with Gasteiger partial charge in [0.05, 0.1) is 5.92 Å². The fourth-order valence-electron chi connectivity index (χ4n) is 3.04. The van der Waals surface area contributed by atoms with Crippen LogP contribution in [0.3, 0.4) is 0 Å². The van der Waals surface area contributed by atoms with Crippen LogP contribution in [0.2, 0.25) is 0 Å². The van der Waals surface area contributed by atoms with Crippen molar-refractivity contribution in [2.45, 2.75) is 25.9 Å². The highest BCUT2D eigenvalue weighted by Gasteiger charge is 2.31. The highest BCUT2D eigenvalue weighted by Crippen LogP contribution is 2.30. The molecular weight excluding hydrogens is 242 g/mol. The van der Waals surface area contributed by atoms with Crippen LogP contribution in [0.25, 0.3) is 0 Å². The maximum atomic E-state index is 10.9. The number of aliphatic carboxylic acids is 1. The molecule has 1 aromatic rings. The van der Waals surface area contributed by atoms with Gasteiger partial charge in [0.25, 0.3) is 0 Å². The third-order valence-corrected chi connectivity index (χ3v) is 4.04. The molecule has 4 nitrogen and oxygen atoms in total. The molecule has 0 saturated carbocycles. The molecule has 4 heteroatoms. The molecule has 2 aliphatic rings. The van der Waals surface area contributed by atoms with Gasteiger partial charge in [-0.25, -0.2) is 0 Å². The zero-order chi connectivity index (χ0) is 13.4. The highest BCUT2D eigenvalue weighted by atomic mass is 16.5. The quantitative estimate of drug-likeness (QED) is 0.900. The van der Waals surface area contributed by atoms with E-state index in [0.717, 1.165) is 31.7 Å². The van der Waals surface area contributed by atoms with Crippen LogP contribution >= 0.6 is 0 Å². The normalized spacial score (nSPS) is 26.2. The molecule has 1 fully saturated rings. The third kappa shape index (κ3) is 2.59. The molecule has 2 unspecified atom stereocenters. The zero-order valence-electron chi connectivity index (χ0n) is 11.1. The molecule has 2 atom stereocenters. The number of hydrogen-bond acceptors (Lipinski definition) is 3. The number of aryl methyl sites for hydroxylation is 1. The smallest absolute Gasteiger partial charge is 0.307 e. The van der Waals surface area contributed by atoms with Crippen LogP contribution in [-0.2, 0) is 11.2 Å². The lowest BCUT2D eigenvalue weighted by atomic mass is 10.1. The minimum Gasteiger partial charge on any atom is -0.488 e.